The summed E-state index contributed by atoms with van der Waals surface area (Å²) in [6.45, 7) is 4.48. The molecular formula is C10H18N2S. The maximum absolute atomic E-state index is 5.52. The van der Waals surface area contributed by atoms with Gasteiger partial charge in [-0.1, -0.05) is 26.3 Å². The fourth-order valence-electron chi connectivity index (χ4n) is 1.32. The normalized spacial score (nSPS) is 15.6. The monoisotopic (exact) mass is 198 g/mol. The first-order valence-corrected chi connectivity index (χ1v) is 5.65. The van der Waals surface area contributed by atoms with E-state index in [0.29, 0.717) is 6.04 Å². The van der Waals surface area contributed by atoms with Crippen molar-refractivity contribution in [1.82, 2.24) is 5.43 Å². The highest BCUT2D eigenvalue weighted by atomic mass is 32.1. The molecule has 0 spiro atoms. The lowest BCUT2D eigenvalue weighted by Gasteiger charge is -2.17. The van der Waals surface area contributed by atoms with Gasteiger partial charge in [0.2, 0.25) is 0 Å². The molecule has 0 aliphatic heterocycles. The Morgan fingerprint density at radius 2 is 2.38 bits per heavy atom. The van der Waals surface area contributed by atoms with Crippen LogP contribution in [0.4, 0.5) is 0 Å². The molecule has 0 amide bonds. The van der Waals surface area contributed by atoms with Gasteiger partial charge in [-0.25, -0.2) is 0 Å². The average Bonchev–Trinajstić information content (AvgIpc) is 2.66. The number of hydrogen-bond acceptors (Lipinski definition) is 3. The van der Waals surface area contributed by atoms with Crippen LogP contribution in [0.2, 0.25) is 0 Å². The molecule has 2 atom stereocenters. The molecule has 2 unspecified atom stereocenters. The van der Waals surface area contributed by atoms with Crippen molar-refractivity contribution in [2.45, 2.75) is 32.7 Å². The molecule has 1 heterocycles. The average molecular weight is 198 g/mol. The number of nitrogens with one attached hydrogen (secondary N) is 1. The van der Waals surface area contributed by atoms with Gasteiger partial charge < -0.3 is 0 Å². The van der Waals surface area contributed by atoms with E-state index in [2.05, 4.69) is 36.8 Å². The topological polar surface area (TPSA) is 38.0 Å². The molecule has 0 aliphatic rings. The Morgan fingerprint density at radius 3 is 2.85 bits per heavy atom. The van der Waals surface area contributed by atoms with E-state index < -0.39 is 0 Å². The van der Waals surface area contributed by atoms with Gasteiger partial charge in [0.25, 0.3) is 0 Å². The van der Waals surface area contributed by atoms with E-state index >= 15 is 0 Å². The first-order valence-electron chi connectivity index (χ1n) is 4.77. The summed E-state index contributed by atoms with van der Waals surface area (Å²) in [7, 11) is 0. The number of rotatable bonds is 5. The number of hydrazine groups is 1. The summed E-state index contributed by atoms with van der Waals surface area (Å²) in [6, 6.07) is 4.54. The Bertz CT molecular complexity index is 221. The SMILES string of the molecule is CCC(C)CC(NN)c1cccs1. The lowest BCUT2D eigenvalue weighted by molar-refractivity contribution is 0.412. The standard InChI is InChI=1S/C10H18N2S/c1-3-8(2)7-9(12-11)10-5-4-6-13-10/h4-6,8-9,12H,3,7,11H2,1-2H3. The molecule has 0 fully saturated rings. The van der Waals surface area contributed by atoms with Crippen molar-refractivity contribution in [3.63, 3.8) is 0 Å². The zero-order valence-corrected chi connectivity index (χ0v) is 9.10. The maximum atomic E-state index is 5.52. The summed E-state index contributed by atoms with van der Waals surface area (Å²) in [5, 5.41) is 2.09. The number of thiophene rings is 1. The van der Waals surface area contributed by atoms with Crippen LogP contribution in [0.15, 0.2) is 17.5 Å². The molecule has 0 radical (unpaired) electrons. The Kier molecular flexibility index (Phi) is 4.42. The minimum atomic E-state index is 0.329. The highest BCUT2D eigenvalue weighted by Gasteiger charge is 2.13. The predicted molar refractivity (Wildman–Crippen MR) is 58.5 cm³/mol. The van der Waals surface area contributed by atoms with Gasteiger partial charge in [0.05, 0.1) is 6.04 Å². The minimum absolute atomic E-state index is 0.329. The molecular weight excluding hydrogens is 180 g/mol. The van der Waals surface area contributed by atoms with Crippen LogP contribution in [0.25, 0.3) is 0 Å². The van der Waals surface area contributed by atoms with Gasteiger partial charge in [0.15, 0.2) is 0 Å². The molecule has 1 aromatic heterocycles. The first kappa shape index (κ1) is 10.7. The van der Waals surface area contributed by atoms with Gasteiger partial charge in [0, 0.05) is 4.88 Å². The second kappa shape index (κ2) is 5.37. The van der Waals surface area contributed by atoms with Crippen molar-refractivity contribution in [2.75, 3.05) is 0 Å². The third kappa shape index (κ3) is 3.10. The summed E-state index contributed by atoms with van der Waals surface area (Å²) in [4.78, 5) is 1.34. The van der Waals surface area contributed by atoms with E-state index in [1.54, 1.807) is 11.3 Å². The minimum Gasteiger partial charge on any atom is -0.271 e. The van der Waals surface area contributed by atoms with Crippen LogP contribution in [-0.2, 0) is 0 Å². The molecule has 0 bridgehead atoms. The summed E-state index contributed by atoms with van der Waals surface area (Å²) < 4.78 is 0. The van der Waals surface area contributed by atoms with Gasteiger partial charge in [-0.3, -0.25) is 11.3 Å². The Hall–Kier alpha value is -0.380. The lowest BCUT2D eigenvalue weighted by atomic mass is 9.99. The summed E-state index contributed by atoms with van der Waals surface area (Å²) in [5.41, 5.74) is 2.88. The third-order valence-corrected chi connectivity index (χ3v) is 3.41. The highest BCUT2D eigenvalue weighted by Crippen LogP contribution is 2.25. The quantitative estimate of drug-likeness (QED) is 0.564. The van der Waals surface area contributed by atoms with E-state index in [-0.39, 0.29) is 0 Å². The summed E-state index contributed by atoms with van der Waals surface area (Å²) >= 11 is 1.77. The fraction of sp³-hybridized carbons (Fsp3) is 0.600. The van der Waals surface area contributed by atoms with Crippen molar-refractivity contribution >= 4 is 11.3 Å². The van der Waals surface area contributed by atoms with Crippen molar-refractivity contribution in [1.29, 1.82) is 0 Å². The second-order valence-corrected chi connectivity index (χ2v) is 4.46. The largest absolute Gasteiger partial charge is 0.271 e. The molecule has 0 aromatic carbocycles. The van der Waals surface area contributed by atoms with E-state index in [9.17, 15) is 0 Å². The molecule has 0 saturated carbocycles. The summed E-state index contributed by atoms with van der Waals surface area (Å²) in [5.74, 6) is 6.25. The number of hydrogen-bond donors (Lipinski definition) is 2. The first-order chi connectivity index (χ1) is 6.27. The molecule has 3 N–H and O–H groups in total. The van der Waals surface area contributed by atoms with Gasteiger partial charge in [-0.2, -0.15) is 0 Å². The van der Waals surface area contributed by atoms with Gasteiger partial charge >= 0.3 is 0 Å². The van der Waals surface area contributed by atoms with Gasteiger partial charge in [-0.15, -0.1) is 11.3 Å². The van der Waals surface area contributed by atoms with Crippen LogP contribution < -0.4 is 11.3 Å². The zero-order valence-electron chi connectivity index (χ0n) is 8.29. The van der Waals surface area contributed by atoms with Crippen LogP contribution >= 0.6 is 11.3 Å². The van der Waals surface area contributed by atoms with Crippen LogP contribution in [0, 0.1) is 5.92 Å². The summed E-state index contributed by atoms with van der Waals surface area (Å²) in [6.07, 6.45) is 2.33. The molecule has 2 nitrogen and oxygen atoms in total. The molecule has 1 rings (SSSR count). The number of nitrogens with two attached hydrogens (primary N) is 1. The van der Waals surface area contributed by atoms with E-state index in [4.69, 9.17) is 5.84 Å². The molecule has 74 valence electrons. The van der Waals surface area contributed by atoms with Gasteiger partial charge in [0.1, 0.15) is 0 Å². The Balaban J connectivity index is 2.53. The molecule has 0 saturated heterocycles. The van der Waals surface area contributed by atoms with Crippen molar-refractivity contribution < 1.29 is 0 Å². The van der Waals surface area contributed by atoms with Crippen LogP contribution in [0.3, 0.4) is 0 Å². The van der Waals surface area contributed by atoms with Crippen LogP contribution in [-0.4, -0.2) is 0 Å². The fourth-order valence-corrected chi connectivity index (χ4v) is 2.12. The zero-order chi connectivity index (χ0) is 9.68. The predicted octanol–water partition coefficient (Wildman–Crippen LogP) is 2.69. The van der Waals surface area contributed by atoms with Crippen molar-refractivity contribution in [3.05, 3.63) is 22.4 Å². The molecule has 3 heteroatoms. The van der Waals surface area contributed by atoms with Crippen LogP contribution in [0.5, 0.6) is 0 Å². The van der Waals surface area contributed by atoms with Crippen LogP contribution in [0.1, 0.15) is 37.6 Å². The lowest BCUT2D eigenvalue weighted by Crippen LogP contribution is -2.28. The maximum Gasteiger partial charge on any atom is 0.0555 e. The highest BCUT2D eigenvalue weighted by molar-refractivity contribution is 7.10. The molecule has 1 aromatic rings. The Morgan fingerprint density at radius 1 is 1.62 bits per heavy atom. The van der Waals surface area contributed by atoms with Crippen molar-refractivity contribution in [2.24, 2.45) is 11.8 Å². The second-order valence-electron chi connectivity index (χ2n) is 3.48. The van der Waals surface area contributed by atoms with Gasteiger partial charge in [-0.05, 0) is 23.8 Å². The van der Waals surface area contributed by atoms with E-state index in [1.807, 2.05) is 0 Å². The third-order valence-electron chi connectivity index (χ3n) is 2.42. The molecule has 0 aliphatic carbocycles. The van der Waals surface area contributed by atoms with E-state index in [0.717, 1.165) is 12.3 Å². The molecule has 13 heavy (non-hydrogen) atoms. The smallest absolute Gasteiger partial charge is 0.0555 e. The van der Waals surface area contributed by atoms with E-state index in [1.165, 1.54) is 11.3 Å². The van der Waals surface area contributed by atoms with Crippen molar-refractivity contribution in [3.8, 4) is 0 Å². The Labute approximate surface area is 84.1 Å².